The maximum absolute atomic E-state index is 8.82. The van der Waals surface area contributed by atoms with Gasteiger partial charge in [-0.05, 0) is 23.8 Å². The number of anilines is 1. The van der Waals surface area contributed by atoms with Crippen LogP contribution in [-0.4, -0.2) is 25.3 Å². The van der Waals surface area contributed by atoms with E-state index in [-0.39, 0.29) is 6.61 Å². The van der Waals surface area contributed by atoms with Crippen molar-refractivity contribution in [2.45, 2.75) is 6.54 Å². The lowest BCUT2D eigenvalue weighted by Crippen LogP contribution is -2.22. The molecule has 0 aliphatic rings. The average Bonchev–Trinajstić information content (AvgIpc) is 2.17. The number of hydrogen-bond donors (Lipinski definition) is 2. The van der Waals surface area contributed by atoms with Gasteiger partial charge in [0.05, 0.1) is 6.61 Å². The zero-order valence-corrected chi connectivity index (χ0v) is 8.96. The highest BCUT2D eigenvalue weighted by molar-refractivity contribution is 6.30. The summed E-state index contributed by atoms with van der Waals surface area (Å²) in [5.41, 5.74) is 7.62. The molecule has 0 fully saturated rings. The summed E-state index contributed by atoms with van der Waals surface area (Å²) >= 11 is 5.85. The Morgan fingerprint density at radius 3 is 2.79 bits per heavy atom. The van der Waals surface area contributed by atoms with E-state index >= 15 is 0 Å². The molecule has 0 radical (unpaired) electrons. The first-order valence-electron chi connectivity index (χ1n) is 4.49. The van der Waals surface area contributed by atoms with Gasteiger partial charge in [0.15, 0.2) is 0 Å². The summed E-state index contributed by atoms with van der Waals surface area (Å²) in [7, 11) is 1.92. The predicted octanol–water partition coefficient (Wildman–Crippen LogP) is 1.23. The molecule has 0 saturated heterocycles. The number of hydrogen-bond acceptors (Lipinski definition) is 3. The van der Waals surface area contributed by atoms with E-state index < -0.39 is 0 Å². The lowest BCUT2D eigenvalue weighted by atomic mass is 10.1. The summed E-state index contributed by atoms with van der Waals surface area (Å²) in [6, 6.07) is 5.59. The van der Waals surface area contributed by atoms with E-state index in [4.69, 9.17) is 22.4 Å². The molecule has 0 atom stereocenters. The Hall–Kier alpha value is -0.770. The van der Waals surface area contributed by atoms with Crippen LogP contribution in [0.25, 0.3) is 0 Å². The predicted molar refractivity (Wildman–Crippen MR) is 59.7 cm³/mol. The summed E-state index contributed by atoms with van der Waals surface area (Å²) in [5.74, 6) is 0. The second-order valence-corrected chi connectivity index (χ2v) is 3.56. The molecule has 4 heteroatoms. The van der Waals surface area contributed by atoms with Crippen LogP contribution in [-0.2, 0) is 6.54 Å². The molecule has 0 amide bonds. The normalized spacial score (nSPS) is 10.3. The van der Waals surface area contributed by atoms with Gasteiger partial charge in [0.25, 0.3) is 0 Å². The van der Waals surface area contributed by atoms with Crippen LogP contribution in [0.15, 0.2) is 18.2 Å². The lowest BCUT2D eigenvalue weighted by molar-refractivity contribution is 0.304. The first-order valence-corrected chi connectivity index (χ1v) is 4.87. The highest BCUT2D eigenvalue weighted by atomic mass is 35.5. The molecule has 1 aromatic rings. The quantitative estimate of drug-likeness (QED) is 0.793. The third-order valence-corrected chi connectivity index (χ3v) is 2.34. The van der Waals surface area contributed by atoms with Crippen LogP contribution in [0.1, 0.15) is 5.56 Å². The van der Waals surface area contributed by atoms with Crippen molar-refractivity contribution in [1.29, 1.82) is 0 Å². The average molecular weight is 215 g/mol. The first kappa shape index (κ1) is 11.3. The summed E-state index contributed by atoms with van der Waals surface area (Å²) in [6.07, 6.45) is 0. The Morgan fingerprint density at radius 2 is 2.21 bits per heavy atom. The SMILES string of the molecule is CN(CCO)c1ccc(Cl)cc1CN. The number of halogens is 1. The summed E-state index contributed by atoms with van der Waals surface area (Å²) in [4.78, 5) is 1.96. The zero-order valence-electron chi connectivity index (χ0n) is 8.20. The first-order chi connectivity index (χ1) is 6.69. The molecule has 1 aromatic carbocycles. The topological polar surface area (TPSA) is 49.5 Å². The standard InChI is InChI=1S/C10H15ClN2O/c1-13(4-5-14)10-3-2-9(11)6-8(10)7-12/h2-3,6,14H,4-5,7,12H2,1H3. The van der Waals surface area contributed by atoms with Crippen LogP contribution < -0.4 is 10.6 Å². The third-order valence-electron chi connectivity index (χ3n) is 2.11. The molecule has 0 bridgehead atoms. The molecule has 1 rings (SSSR count). The third kappa shape index (κ3) is 2.61. The highest BCUT2D eigenvalue weighted by Gasteiger charge is 2.06. The monoisotopic (exact) mass is 214 g/mol. The summed E-state index contributed by atoms with van der Waals surface area (Å²) in [5, 5.41) is 9.50. The molecule has 0 aliphatic heterocycles. The van der Waals surface area contributed by atoms with E-state index in [1.54, 1.807) is 0 Å². The molecule has 0 heterocycles. The maximum atomic E-state index is 8.82. The molecule has 0 aliphatic carbocycles. The number of benzene rings is 1. The number of aliphatic hydroxyl groups excluding tert-OH is 1. The summed E-state index contributed by atoms with van der Waals surface area (Å²) in [6.45, 7) is 1.17. The largest absolute Gasteiger partial charge is 0.395 e. The van der Waals surface area contributed by atoms with Crippen molar-refractivity contribution >= 4 is 17.3 Å². The molecule has 78 valence electrons. The zero-order chi connectivity index (χ0) is 10.6. The van der Waals surface area contributed by atoms with Crippen LogP contribution in [0, 0.1) is 0 Å². The van der Waals surface area contributed by atoms with Crippen LogP contribution in [0.2, 0.25) is 5.02 Å². The number of rotatable bonds is 4. The smallest absolute Gasteiger partial charge is 0.0606 e. The molecule has 0 aromatic heterocycles. The molecule has 14 heavy (non-hydrogen) atoms. The Balaban J connectivity index is 2.95. The molecular weight excluding hydrogens is 200 g/mol. The molecule has 0 spiro atoms. The number of likely N-dealkylation sites (N-methyl/N-ethyl adjacent to an activating group) is 1. The molecule has 3 nitrogen and oxygen atoms in total. The van der Waals surface area contributed by atoms with Crippen LogP contribution in [0.3, 0.4) is 0 Å². The van der Waals surface area contributed by atoms with Gasteiger partial charge in [-0.1, -0.05) is 11.6 Å². The van der Waals surface area contributed by atoms with Gasteiger partial charge in [-0.2, -0.15) is 0 Å². The van der Waals surface area contributed by atoms with Crippen molar-refractivity contribution in [3.05, 3.63) is 28.8 Å². The van der Waals surface area contributed by atoms with E-state index in [9.17, 15) is 0 Å². The lowest BCUT2D eigenvalue weighted by Gasteiger charge is -2.21. The number of nitrogens with two attached hydrogens (primary N) is 1. The van der Waals surface area contributed by atoms with E-state index in [1.165, 1.54) is 0 Å². The van der Waals surface area contributed by atoms with E-state index in [0.29, 0.717) is 18.1 Å². The van der Waals surface area contributed by atoms with Gasteiger partial charge in [-0.25, -0.2) is 0 Å². The molecule has 0 saturated carbocycles. The van der Waals surface area contributed by atoms with Gasteiger partial charge in [-0.15, -0.1) is 0 Å². The Kier molecular flexibility index (Phi) is 4.20. The van der Waals surface area contributed by atoms with Gasteiger partial charge < -0.3 is 15.7 Å². The van der Waals surface area contributed by atoms with Gasteiger partial charge >= 0.3 is 0 Å². The van der Waals surface area contributed by atoms with Gasteiger partial charge in [0, 0.05) is 30.8 Å². The van der Waals surface area contributed by atoms with Crippen LogP contribution in [0.5, 0.6) is 0 Å². The Bertz CT molecular complexity index is 304. The Morgan fingerprint density at radius 1 is 1.50 bits per heavy atom. The van der Waals surface area contributed by atoms with Crippen molar-refractivity contribution in [1.82, 2.24) is 0 Å². The second-order valence-electron chi connectivity index (χ2n) is 3.12. The van der Waals surface area contributed by atoms with E-state index in [0.717, 1.165) is 11.3 Å². The van der Waals surface area contributed by atoms with Crippen molar-refractivity contribution in [3.63, 3.8) is 0 Å². The second kappa shape index (κ2) is 5.20. The molecular formula is C10H15ClN2O. The van der Waals surface area contributed by atoms with E-state index in [2.05, 4.69) is 0 Å². The fraction of sp³-hybridized carbons (Fsp3) is 0.400. The summed E-state index contributed by atoms with van der Waals surface area (Å²) < 4.78 is 0. The molecule has 0 unspecified atom stereocenters. The van der Waals surface area contributed by atoms with Gasteiger partial charge in [0.2, 0.25) is 0 Å². The van der Waals surface area contributed by atoms with Crippen molar-refractivity contribution in [2.75, 3.05) is 25.1 Å². The fourth-order valence-electron chi connectivity index (χ4n) is 1.36. The molecule has 3 N–H and O–H groups in total. The minimum atomic E-state index is 0.128. The van der Waals surface area contributed by atoms with Gasteiger partial charge in [-0.3, -0.25) is 0 Å². The van der Waals surface area contributed by atoms with Gasteiger partial charge in [0.1, 0.15) is 0 Å². The van der Waals surface area contributed by atoms with Crippen molar-refractivity contribution in [3.8, 4) is 0 Å². The maximum Gasteiger partial charge on any atom is 0.0606 e. The number of aliphatic hydroxyl groups is 1. The van der Waals surface area contributed by atoms with Crippen LogP contribution in [0.4, 0.5) is 5.69 Å². The number of nitrogens with zero attached hydrogens (tertiary/aromatic N) is 1. The fourth-order valence-corrected chi connectivity index (χ4v) is 1.56. The van der Waals surface area contributed by atoms with Crippen molar-refractivity contribution in [2.24, 2.45) is 5.73 Å². The van der Waals surface area contributed by atoms with Crippen molar-refractivity contribution < 1.29 is 5.11 Å². The van der Waals surface area contributed by atoms with E-state index in [1.807, 2.05) is 30.1 Å². The highest BCUT2D eigenvalue weighted by Crippen LogP contribution is 2.22. The minimum Gasteiger partial charge on any atom is -0.395 e. The minimum absolute atomic E-state index is 0.128. The Labute approximate surface area is 89.1 Å². The van der Waals surface area contributed by atoms with Crippen LogP contribution >= 0.6 is 11.6 Å².